The molecular weight excluding hydrogens is 270 g/mol. The van der Waals surface area contributed by atoms with Crippen LogP contribution in [0, 0.1) is 11.3 Å². The maximum Gasteiger partial charge on any atom is 0.317 e. The van der Waals surface area contributed by atoms with Crippen LogP contribution in [-0.4, -0.2) is 16.3 Å². The Morgan fingerprint density at radius 2 is 1.80 bits per heavy atom. The molecule has 2 aromatic rings. The Bertz CT molecular complexity index is 617. The zero-order valence-electron chi connectivity index (χ0n) is 10.7. The van der Waals surface area contributed by atoms with Gasteiger partial charge in [0.2, 0.25) is 0 Å². The maximum absolute atomic E-state index is 11.4. The van der Waals surface area contributed by atoms with Crippen molar-refractivity contribution < 1.29 is 9.90 Å². The largest absolute Gasteiger partial charge is 0.480 e. The lowest BCUT2D eigenvalue weighted by atomic mass is 10.1. The van der Waals surface area contributed by atoms with Gasteiger partial charge in [-0.25, -0.2) is 0 Å². The van der Waals surface area contributed by atoms with E-state index in [2.05, 4.69) is 0 Å². The van der Waals surface area contributed by atoms with Gasteiger partial charge in [0.1, 0.15) is 5.25 Å². The molecular formula is C16H13NO2S. The van der Waals surface area contributed by atoms with Crippen LogP contribution in [0.4, 0.5) is 0 Å². The lowest BCUT2D eigenvalue weighted by Crippen LogP contribution is -2.19. The number of hydrogen-bond donors (Lipinski definition) is 1. The summed E-state index contributed by atoms with van der Waals surface area (Å²) in [6, 6.07) is 18.6. The number of nitriles is 1. The number of hydrogen-bond acceptors (Lipinski definition) is 3. The zero-order chi connectivity index (χ0) is 14.4. The van der Waals surface area contributed by atoms with Crippen LogP contribution in [0.1, 0.15) is 11.1 Å². The van der Waals surface area contributed by atoms with Gasteiger partial charge in [-0.2, -0.15) is 5.26 Å². The van der Waals surface area contributed by atoms with Crippen molar-refractivity contribution in [2.24, 2.45) is 0 Å². The molecule has 4 heteroatoms. The maximum atomic E-state index is 11.4. The molecule has 0 heterocycles. The van der Waals surface area contributed by atoms with Crippen molar-refractivity contribution in [3.63, 3.8) is 0 Å². The minimum atomic E-state index is -0.830. The number of benzene rings is 2. The molecule has 0 radical (unpaired) electrons. The molecule has 1 atom stereocenters. The number of carboxylic acid groups (broad SMARTS) is 1. The molecule has 20 heavy (non-hydrogen) atoms. The minimum Gasteiger partial charge on any atom is -0.480 e. The van der Waals surface area contributed by atoms with Crippen LogP contribution >= 0.6 is 11.8 Å². The Balaban J connectivity index is 2.09. The van der Waals surface area contributed by atoms with Crippen molar-refractivity contribution in [1.29, 1.82) is 5.26 Å². The summed E-state index contributed by atoms with van der Waals surface area (Å²) in [6.45, 7) is 0. The second kappa shape index (κ2) is 6.78. The number of carboxylic acids is 1. The van der Waals surface area contributed by atoms with Crippen molar-refractivity contribution in [3.8, 4) is 6.07 Å². The van der Waals surface area contributed by atoms with Crippen LogP contribution in [0.25, 0.3) is 0 Å². The molecule has 1 N–H and O–H groups in total. The van der Waals surface area contributed by atoms with E-state index in [1.54, 1.807) is 24.3 Å². The molecule has 0 amide bonds. The van der Waals surface area contributed by atoms with Crippen molar-refractivity contribution in [1.82, 2.24) is 0 Å². The third kappa shape index (κ3) is 3.87. The molecule has 2 rings (SSSR count). The third-order valence-electron chi connectivity index (χ3n) is 2.80. The lowest BCUT2D eigenvalue weighted by Gasteiger charge is -2.12. The van der Waals surface area contributed by atoms with Gasteiger partial charge in [-0.3, -0.25) is 4.79 Å². The van der Waals surface area contributed by atoms with E-state index in [1.807, 2.05) is 36.4 Å². The van der Waals surface area contributed by atoms with Gasteiger partial charge in [0.25, 0.3) is 0 Å². The van der Waals surface area contributed by atoms with E-state index in [4.69, 9.17) is 5.26 Å². The molecule has 100 valence electrons. The molecule has 0 spiro atoms. The first-order valence-electron chi connectivity index (χ1n) is 6.12. The zero-order valence-corrected chi connectivity index (χ0v) is 11.5. The van der Waals surface area contributed by atoms with Crippen LogP contribution in [0.3, 0.4) is 0 Å². The van der Waals surface area contributed by atoms with Gasteiger partial charge in [0.15, 0.2) is 0 Å². The Morgan fingerprint density at radius 1 is 1.15 bits per heavy atom. The van der Waals surface area contributed by atoms with Gasteiger partial charge >= 0.3 is 5.97 Å². The smallest absolute Gasteiger partial charge is 0.317 e. The Hall–Kier alpha value is -2.25. The van der Waals surface area contributed by atoms with Gasteiger partial charge in [-0.15, -0.1) is 11.8 Å². The van der Waals surface area contributed by atoms with Gasteiger partial charge < -0.3 is 5.11 Å². The van der Waals surface area contributed by atoms with E-state index in [1.165, 1.54) is 11.8 Å². The standard InChI is InChI=1S/C16H13NO2S/c17-11-13-6-8-14(9-7-13)20-15(16(18)19)10-12-4-2-1-3-5-12/h1-9,15H,10H2,(H,18,19). The van der Waals surface area contributed by atoms with Crippen LogP contribution in [0.2, 0.25) is 0 Å². The summed E-state index contributed by atoms with van der Waals surface area (Å²) in [5, 5.41) is 17.5. The van der Waals surface area contributed by atoms with E-state index < -0.39 is 11.2 Å². The quantitative estimate of drug-likeness (QED) is 0.855. The minimum absolute atomic E-state index is 0.473. The van der Waals surface area contributed by atoms with Crippen LogP contribution in [-0.2, 0) is 11.2 Å². The molecule has 0 saturated carbocycles. The molecule has 0 aliphatic rings. The third-order valence-corrected chi connectivity index (χ3v) is 4.00. The highest BCUT2D eigenvalue weighted by Gasteiger charge is 2.19. The highest BCUT2D eigenvalue weighted by molar-refractivity contribution is 8.00. The fourth-order valence-electron chi connectivity index (χ4n) is 1.78. The molecule has 0 fully saturated rings. The summed E-state index contributed by atoms with van der Waals surface area (Å²) in [4.78, 5) is 12.2. The van der Waals surface area contributed by atoms with Crippen molar-refractivity contribution in [2.75, 3.05) is 0 Å². The van der Waals surface area contributed by atoms with Crippen molar-refractivity contribution >= 4 is 17.7 Å². The number of nitrogens with zero attached hydrogens (tertiary/aromatic N) is 1. The van der Waals surface area contributed by atoms with E-state index in [9.17, 15) is 9.90 Å². The first-order chi connectivity index (χ1) is 9.69. The van der Waals surface area contributed by atoms with E-state index in [-0.39, 0.29) is 0 Å². The molecule has 3 nitrogen and oxygen atoms in total. The lowest BCUT2D eigenvalue weighted by molar-refractivity contribution is -0.136. The predicted molar refractivity (Wildman–Crippen MR) is 78.6 cm³/mol. The van der Waals surface area contributed by atoms with Crippen molar-refractivity contribution in [2.45, 2.75) is 16.6 Å². The van der Waals surface area contributed by atoms with Crippen LogP contribution in [0.5, 0.6) is 0 Å². The summed E-state index contributed by atoms with van der Waals surface area (Å²) in [5.74, 6) is -0.830. The predicted octanol–water partition coefficient (Wildman–Crippen LogP) is 3.35. The molecule has 0 saturated heterocycles. The van der Waals surface area contributed by atoms with Gasteiger partial charge in [0, 0.05) is 4.90 Å². The van der Waals surface area contributed by atoms with E-state index in [0.29, 0.717) is 12.0 Å². The topological polar surface area (TPSA) is 61.1 Å². The number of aliphatic carboxylic acids is 1. The van der Waals surface area contributed by atoms with Gasteiger partial charge in [-0.1, -0.05) is 30.3 Å². The van der Waals surface area contributed by atoms with E-state index >= 15 is 0 Å². The highest BCUT2D eigenvalue weighted by atomic mass is 32.2. The fourth-order valence-corrected chi connectivity index (χ4v) is 2.78. The summed E-state index contributed by atoms with van der Waals surface area (Å²) in [7, 11) is 0. The van der Waals surface area contributed by atoms with Gasteiger partial charge in [0.05, 0.1) is 11.6 Å². The number of carbonyl (C=O) groups is 1. The van der Waals surface area contributed by atoms with Gasteiger partial charge in [-0.05, 0) is 36.2 Å². The monoisotopic (exact) mass is 283 g/mol. The van der Waals surface area contributed by atoms with Crippen LogP contribution in [0.15, 0.2) is 59.5 Å². The van der Waals surface area contributed by atoms with Crippen LogP contribution < -0.4 is 0 Å². The molecule has 0 aromatic heterocycles. The SMILES string of the molecule is N#Cc1ccc(SC(Cc2ccccc2)C(=O)O)cc1. The summed E-state index contributed by atoms with van der Waals surface area (Å²) < 4.78 is 0. The summed E-state index contributed by atoms with van der Waals surface area (Å²) in [5.41, 5.74) is 1.57. The molecule has 0 aliphatic carbocycles. The number of thioether (sulfide) groups is 1. The summed E-state index contributed by atoms with van der Waals surface area (Å²) >= 11 is 1.30. The number of rotatable bonds is 5. The summed E-state index contributed by atoms with van der Waals surface area (Å²) in [6.07, 6.45) is 0.473. The normalized spacial score (nSPS) is 11.6. The molecule has 1 unspecified atom stereocenters. The highest BCUT2D eigenvalue weighted by Crippen LogP contribution is 2.26. The fraction of sp³-hybridized carbons (Fsp3) is 0.125. The molecule has 0 aliphatic heterocycles. The second-order valence-corrected chi connectivity index (χ2v) is 5.55. The Labute approximate surface area is 121 Å². The molecule has 0 bridgehead atoms. The van der Waals surface area contributed by atoms with Crippen molar-refractivity contribution in [3.05, 3.63) is 65.7 Å². The average Bonchev–Trinajstić information content (AvgIpc) is 2.48. The second-order valence-electron chi connectivity index (χ2n) is 4.27. The first-order valence-corrected chi connectivity index (χ1v) is 7.00. The first kappa shape index (κ1) is 14.2. The Kier molecular flexibility index (Phi) is 4.80. The Morgan fingerprint density at radius 3 is 2.35 bits per heavy atom. The van der Waals surface area contributed by atoms with E-state index in [0.717, 1.165) is 10.5 Å². The average molecular weight is 283 g/mol. The molecule has 2 aromatic carbocycles.